The minimum Gasteiger partial charge on any atom is -0.399 e. The highest BCUT2D eigenvalue weighted by Crippen LogP contribution is 2.25. The van der Waals surface area contributed by atoms with Crippen LogP contribution in [0.4, 0.5) is 5.69 Å². The van der Waals surface area contributed by atoms with Crippen LogP contribution >= 0.6 is 22.7 Å². The monoisotopic (exact) mass is 344 g/mol. The first kappa shape index (κ1) is 15.6. The number of aromatic nitrogens is 2. The van der Waals surface area contributed by atoms with Crippen molar-refractivity contribution in [2.75, 3.05) is 5.73 Å². The van der Waals surface area contributed by atoms with E-state index in [1.165, 1.54) is 11.3 Å². The fourth-order valence-corrected chi connectivity index (χ4v) is 3.62. The summed E-state index contributed by atoms with van der Waals surface area (Å²) in [5.41, 5.74) is 8.23. The standard InChI is InChI=1S/C16H16N4OS2/c1-10-7-19-15(23-10)8-18-14(21)6-13-9-22-16(20-13)11-3-2-4-12(17)5-11/h2-5,7,9H,6,8,17H2,1H3,(H,18,21). The van der Waals surface area contributed by atoms with Gasteiger partial charge in [-0.25, -0.2) is 9.97 Å². The molecule has 0 spiro atoms. The molecule has 7 heteroatoms. The normalized spacial score (nSPS) is 10.7. The molecule has 3 aromatic rings. The molecule has 0 fully saturated rings. The Hall–Kier alpha value is -2.25. The van der Waals surface area contributed by atoms with Crippen molar-refractivity contribution in [3.8, 4) is 10.6 Å². The molecule has 2 aromatic heterocycles. The lowest BCUT2D eigenvalue weighted by atomic mass is 10.2. The third-order valence-corrected chi connectivity index (χ3v) is 4.99. The first-order chi connectivity index (χ1) is 11.1. The molecule has 0 saturated heterocycles. The van der Waals surface area contributed by atoms with Crippen molar-refractivity contribution in [2.45, 2.75) is 19.9 Å². The minimum absolute atomic E-state index is 0.0534. The molecule has 1 amide bonds. The number of nitrogens with one attached hydrogen (secondary N) is 1. The highest BCUT2D eigenvalue weighted by Gasteiger charge is 2.10. The van der Waals surface area contributed by atoms with Crippen LogP contribution in [0.1, 0.15) is 15.6 Å². The molecule has 2 heterocycles. The van der Waals surface area contributed by atoms with E-state index >= 15 is 0 Å². The molecule has 118 valence electrons. The van der Waals surface area contributed by atoms with Gasteiger partial charge in [-0.05, 0) is 19.1 Å². The summed E-state index contributed by atoms with van der Waals surface area (Å²) in [6.07, 6.45) is 2.08. The van der Waals surface area contributed by atoms with Gasteiger partial charge in [0.15, 0.2) is 0 Å². The Morgan fingerprint density at radius 2 is 2.26 bits per heavy atom. The van der Waals surface area contributed by atoms with Crippen LogP contribution in [0.3, 0.4) is 0 Å². The van der Waals surface area contributed by atoms with Crippen LogP contribution in [0.2, 0.25) is 0 Å². The topological polar surface area (TPSA) is 80.9 Å². The first-order valence-corrected chi connectivity index (χ1v) is 8.78. The molecule has 0 radical (unpaired) electrons. The fourth-order valence-electron chi connectivity index (χ4n) is 2.08. The summed E-state index contributed by atoms with van der Waals surface area (Å²) in [5.74, 6) is -0.0534. The lowest BCUT2D eigenvalue weighted by Crippen LogP contribution is -2.24. The van der Waals surface area contributed by atoms with Crippen molar-refractivity contribution in [3.05, 3.63) is 51.4 Å². The molecule has 0 saturated carbocycles. The molecular weight excluding hydrogens is 328 g/mol. The van der Waals surface area contributed by atoms with E-state index in [0.717, 1.165) is 26.1 Å². The largest absolute Gasteiger partial charge is 0.399 e. The molecule has 3 rings (SSSR count). The number of nitrogens with two attached hydrogens (primary N) is 1. The third kappa shape index (κ3) is 4.14. The summed E-state index contributed by atoms with van der Waals surface area (Å²) < 4.78 is 0. The van der Waals surface area contributed by atoms with Crippen molar-refractivity contribution in [3.63, 3.8) is 0 Å². The molecule has 0 atom stereocenters. The summed E-state index contributed by atoms with van der Waals surface area (Å²) in [5, 5.41) is 6.56. The number of aryl methyl sites for hydroxylation is 1. The second-order valence-electron chi connectivity index (χ2n) is 5.09. The quantitative estimate of drug-likeness (QED) is 0.697. The zero-order chi connectivity index (χ0) is 16.2. The van der Waals surface area contributed by atoms with Crippen LogP contribution in [-0.2, 0) is 17.8 Å². The molecule has 3 N–H and O–H groups in total. The van der Waals surface area contributed by atoms with E-state index in [0.29, 0.717) is 12.2 Å². The highest BCUT2D eigenvalue weighted by atomic mass is 32.1. The van der Waals surface area contributed by atoms with E-state index in [9.17, 15) is 4.79 Å². The van der Waals surface area contributed by atoms with Crippen molar-refractivity contribution < 1.29 is 4.79 Å². The number of carbonyl (C=O) groups is 1. The molecular formula is C16H16N4OS2. The Labute approximate surface area is 142 Å². The lowest BCUT2D eigenvalue weighted by molar-refractivity contribution is -0.120. The number of carbonyl (C=O) groups excluding carboxylic acids is 1. The number of benzene rings is 1. The van der Waals surface area contributed by atoms with Gasteiger partial charge in [-0.3, -0.25) is 4.79 Å². The van der Waals surface area contributed by atoms with Gasteiger partial charge in [0.25, 0.3) is 0 Å². The second kappa shape index (κ2) is 6.89. The summed E-state index contributed by atoms with van der Waals surface area (Å²) >= 11 is 3.10. The van der Waals surface area contributed by atoms with Crippen LogP contribution in [-0.4, -0.2) is 15.9 Å². The minimum atomic E-state index is -0.0534. The number of amides is 1. The molecule has 0 aliphatic carbocycles. The Balaban J connectivity index is 1.59. The Kier molecular flexibility index (Phi) is 4.68. The number of hydrogen-bond donors (Lipinski definition) is 2. The Morgan fingerprint density at radius 1 is 1.39 bits per heavy atom. The van der Waals surface area contributed by atoms with Gasteiger partial charge in [0, 0.05) is 27.7 Å². The van der Waals surface area contributed by atoms with Crippen molar-refractivity contribution in [1.82, 2.24) is 15.3 Å². The first-order valence-electron chi connectivity index (χ1n) is 7.08. The van der Waals surface area contributed by atoms with E-state index in [1.54, 1.807) is 11.3 Å². The SMILES string of the molecule is Cc1cnc(CNC(=O)Cc2csc(-c3cccc(N)c3)n2)s1. The predicted octanol–water partition coefficient (Wildman–Crippen LogP) is 3.02. The van der Waals surface area contributed by atoms with Gasteiger partial charge >= 0.3 is 0 Å². The zero-order valence-electron chi connectivity index (χ0n) is 12.6. The van der Waals surface area contributed by atoms with Crippen LogP contribution in [0.15, 0.2) is 35.8 Å². The predicted molar refractivity (Wildman–Crippen MR) is 94.4 cm³/mol. The van der Waals surface area contributed by atoms with Crippen LogP contribution in [0.5, 0.6) is 0 Å². The number of thiazole rings is 2. The van der Waals surface area contributed by atoms with E-state index in [-0.39, 0.29) is 12.3 Å². The van der Waals surface area contributed by atoms with Gasteiger partial charge in [-0.15, -0.1) is 22.7 Å². The van der Waals surface area contributed by atoms with Gasteiger partial charge in [-0.1, -0.05) is 12.1 Å². The van der Waals surface area contributed by atoms with Crippen molar-refractivity contribution >= 4 is 34.3 Å². The number of nitrogen functional groups attached to an aromatic ring is 1. The average molecular weight is 344 g/mol. The highest BCUT2D eigenvalue weighted by molar-refractivity contribution is 7.13. The fraction of sp³-hybridized carbons (Fsp3) is 0.188. The molecule has 0 aliphatic rings. The number of nitrogens with zero attached hydrogens (tertiary/aromatic N) is 2. The van der Waals surface area contributed by atoms with E-state index in [1.807, 2.05) is 42.8 Å². The molecule has 0 unspecified atom stereocenters. The van der Waals surface area contributed by atoms with Gasteiger partial charge in [0.05, 0.1) is 18.7 Å². The lowest BCUT2D eigenvalue weighted by Gasteiger charge is -2.01. The Morgan fingerprint density at radius 3 is 3.00 bits per heavy atom. The summed E-state index contributed by atoms with van der Waals surface area (Å²) in [6, 6.07) is 7.58. The van der Waals surface area contributed by atoms with Gasteiger partial charge in [-0.2, -0.15) is 0 Å². The van der Waals surface area contributed by atoms with E-state index < -0.39 is 0 Å². The second-order valence-corrected chi connectivity index (χ2v) is 7.27. The molecule has 0 aliphatic heterocycles. The summed E-state index contributed by atoms with van der Waals surface area (Å²) in [7, 11) is 0. The zero-order valence-corrected chi connectivity index (χ0v) is 14.2. The van der Waals surface area contributed by atoms with Crippen LogP contribution < -0.4 is 11.1 Å². The maximum atomic E-state index is 12.0. The summed E-state index contributed by atoms with van der Waals surface area (Å²) in [6.45, 7) is 2.46. The molecule has 5 nitrogen and oxygen atoms in total. The van der Waals surface area contributed by atoms with Crippen molar-refractivity contribution in [2.24, 2.45) is 0 Å². The smallest absolute Gasteiger partial charge is 0.226 e. The molecule has 23 heavy (non-hydrogen) atoms. The van der Waals surface area contributed by atoms with Crippen molar-refractivity contribution in [1.29, 1.82) is 0 Å². The number of anilines is 1. The summed E-state index contributed by atoms with van der Waals surface area (Å²) in [4.78, 5) is 21.9. The molecule has 0 bridgehead atoms. The van der Waals surface area contributed by atoms with Gasteiger partial charge in [0.1, 0.15) is 10.0 Å². The number of rotatable bonds is 5. The third-order valence-electron chi connectivity index (χ3n) is 3.13. The van der Waals surface area contributed by atoms with E-state index in [4.69, 9.17) is 5.73 Å². The maximum Gasteiger partial charge on any atom is 0.226 e. The average Bonchev–Trinajstić information content (AvgIpc) is 3.14. The molecule has 1 aromatic carbocycles. The van der Waals surface area contributed by atoms with E-state index in [2.05, 4.69) is 15.3 Å². The van der Waals surface area contributed by atoms with Gasteiger partial charge < -0.3 is 11.1 Å². The Bertz CT molecular complexity index is 825. The van der Waals surface area contributed by atoms with Crippen LogP contribution in [0, 0.1) is 6.92 Å². The van der Waals surface area contributed by atoms with Crippen LogP contribution in [0.25, 0.3) is 10.6 Å². The maximum absolute atomic E-state index is 12.0. The van der Waals surface area contributed by atoms with Gasteiger partial charge in [0.2, 0.25) is 5.91 Å². The number of hydrogen-bond acceptors (Lipinski definition) is 6.